The Bertz CT molecular complexity index is 1250. The summed E-state index contributed by atoms with van der Waals surface area (Å²) in [5.74, 6) is 1.73. The number of imidazole rings is 1. The second kappa shape index (κ2) is 10.5. The minimum atomic E-state index is -0.157. The summed E-state index contributed by atoms with van der Waals surface area (Å²) in [5.41, 5.74) is 4.95. The van der Waals surface area contributed by atoms with Gasteiger partial charge >= 0.3 is 0 Å². The van der Waals surface area contributed by atoms with Crippen molar-refractivity contribution in [2.24, 2.45) is 0 Å². The van der Waals surface area contributed by atoms with Crippen LogP contribution in [0.4, 0.5) is 0 Å². The average Bonchev–Trinajstić information content (AvgIpc) is 3.14. The van der Waals surface area contributed by atoms with E-state index in [4.69, 9.17) is 21.3 Å². The van der Waals surface area contributed by atoms with Gasteiger partial charge in [0.15, 0.2) is 0 Å². The van der Waals surface area contributed by atoms with E-state index in [0.717, 1.165) is 35.4 Å². The van der Waals surface area contributed by atoms with Crippen LogP contribution in [0.1, 0.15) is 33.7 Å². The van der Waals surface area contributed by atoms with Gasteiger partial charge in [0, 0.05) is 13.0 Å². The van der Waals surface area contributed by atoms with Crippen LogP contribution in [-0.4, -0.2) is 28.6 Å². The SMILES string of the molecule is Cc1cc(C)cc(OCCn2c(CCCNC(=O)c3ccccc3Cl)nc3ccccc32)c1. The molecule has 0 spiro atoms. The number of aryl methyl sites for hydroxylation is 3. The number of hydrogen-bond donors (Lipinski definition) is 1. The molecule has 5 nitrogen and oxygen atoms in total. The molecule has 0 unspecified atom stereocenters. The first kappa shape index (κ1) is 22.9. The number of aromatic nitrogens is 2. The van der Waals surface area contributed by atoms with Crippen LogP contribution >= 0.6 is 11.6 Å². The maximum absolute atomic E-state index is 12.4. The molecule has 0 fully saturated rings. The van der Waals surface area contributed by atoms with E-state index in [1.165, 1.54) is 11.1 Å². The van der Waals surface area contributed by atoms with Crippen molar-refractivity contribution in [1.82, 2.24) is 14.9 Å². The number of halogens is 1. The van der Waals surface area contributed by atoms with Crippen LogP contribution in [0.3, 0.4) is 0 Å². The highest BCUT2D eigenvalue weighted by Gasteiger charge is 2.12. The van der Waals surface area contributed by atoms with Gasteiger partial charge in [-0.15, -0.1) is 0 Å². The van der Waals surface area contributed by atoms with Crippen molar-refractivity contribution in [3.63, 3.8) is 0 Å². The Morgan fingerprint density at radius 3 is 2.55 bits per heavy atom. The quantitative estimate of drug-likeness (QED) is 0.323. The zero-order valence-corrected chi connectivity index (χ0v) is 19.7. The molecule has 4 rings (SSSR count). The van der Waals surface area contributed by atoms with Crippen molar-refractivity contribution in [1.29, 1.82) is 0 Å². The molecule has 0 aliphatic rings. The summed E-state index contributed by atoms with van der Waals surface area (Å²) in [6.07, 6.45) is 1.53. The predicted molar refractivity (Wildman–Crippen MR) is 133 cm³/mol. The van der Waals surface area contributed by atoms with E-state index in [9.17, 15) is 4.79 Å². The Morgan fingerprint density at radius 2 is 1.76 bits per heavy atom. The first-order chi connectivity index (χ1) is 16.0. The number of hydrogen-bond acceptors (Lipinski definition) is 3. The Balaban J connectivity index is 1.38. The van der Waals surface area contributed by atoms with Gasteiger partial charge in [0.05, 0.1) is 28.2 Å². The molecule has 0 radical (unpaired) electrons. The van der Waals surface area contributed by atoms with Gasteiger partial charge in [0.1, 0.15) is 18.2 Å². The van der Waals surface area contributed by atoms with Crippen LogP contribution in [0.15, 0.2) is 66.7 Å². The van der Waals surface area contributed by atoms with Gasteiger partial charge in [-0.2, -0.15) is 0 Å². The number of ether oxygens (including phenoxy) is 1. The Morgan fingerprint density at radius 1 is 1.03 bits per heavy atom. The molecule has 0 aliphatic heterocycles. The molecule has 0 atom stereocenters. The lowest BCUT2D eigenvalue weighted by atomic mass is 10.1. The van der Waals surface area contributed by atoms with Crippen molar-refractivity contribution in [2.45, 2.75) is 33.2 Å². The van der Waals surface area contributed by atoms with E-state index in [0.29, 0.717) is 30.3 Å². The highest BCUT2D eigenvalue weighted by molar-refractivity contribution is 6.33. The summed E-state index contributed by atoms with van der Waals surface area (Å²) >= 11 is 6.12. The van der Waals surface area contributed by atoms with Crippen molar-refractivity contribution in [3.05, 3.63) is 94.3 Å². The Hall–Kier alpha value is -3.31. The second-order valence-electron chi connectivity index (χ2n) is 8.18. The van der Waals surface area contributed by atoms with Crippen LogP contribution < -0.4 is 10.1 Å². The molecule has 0 bridgehead atoms. The highest BCUT2D eigenvalue weighted by Crippen LogP contribution is 2.19. The Kier molecular flexibility index (Phi) is 7.30. The van der Waals surface area contributed by atoms with E-state index in [1.807, 2.05) is 30.3 Å². The number of para-hydroxylation sites is 2. The molecule has 1 N–H and O–H groups in total. The van der Waals surface area contributed by atoms with Crippen LogP contribution in [-0.2, 0) is 13.0 Å². The molecule has 0 aliphatic carbocycles. The number of amides is 1. The van der Waals surface area contributed by atoms with E-state index >= 15 is 0 Å². The summed E-state index contributed by atoms with van der Waals surface area (Å²) in [6, 6.07) is 21.5. The van der Waals surface area contributed by atoms with Crippen LogP contribution in [0.2, 0.25) is 5.02 Å². The van der Waals surface area contributed by atoms with Gasteiger partial charge < -0.3 is 14.6 Å². The zero-order valence-electron chi connectivity index (χ0n) is 19.0. The third kappa shape index (κ3) is 5.74. The van der Waals surface area contributed by atoms with E-state index in [2.05, 4.69) is 48.0 Å². The van der Waals surface area contributed by atoms with Gasteiger partial charge in [0.2, 0.25) is 0 Å². The second-order valence-corrected chi connectivity index (χ2v) is 8.59. The van der Waals surface area contributed by atoms with E-state index < -0.39 is 0 Å². The normalized spacial score (nSPS) is 11.0. The lowest BCUT2D eigenvalue weighted by molar-refractivity contribution is 0.0953. The maximum Gasteiger partial charge on any atom is 0.252 e. The molecular formula is C27H28ClN3O2. The predicted octanol–water partition coefficient (Wildman–Crippen LogP) is 5.75. The molecule has 6 heteroatoms. The molecule has 4 aromatic rings. The lowest BCUT2D eigenvalue weighted by Gasteiger charge is -2.12. The standard InChI is InChI=1S/C27H28ClN3O2/c1-19-16-20(2)18-21(17-19)33-15-14-31-25-11-6-5-10-24(25)30-26(31)12-7-13-29-27(32)22-8-3-4-9-23(22)28/h3-6,8-11,16-18H,7,12-15H2,1-2H3,(H,29,32). The van der Waals surface area contributed by atoms with Crippen LogP contribution in [0, 0.1) is 13.8 Å². The van der Waals surface area contributed by atoms with Gasteiger partial charge in [-0.3, -0.25) is 4.79 Å². The van der Waals surface area contributed by atoms with E-state index in [-0.39, 0.29) is 5.91 Å². The minimum absolute atomic E-state index is 0.157. The third-order valence-corrected chi connectivity index (χ3v) is 5.82. The summed E-state index contributed by atoms with van der Waals surface area (Å²) in [6.45, 7) is 5.96. The van der Waals surface area contributed by atoms with Crippen molar-refractivity contribution < 1.29 is 9.53 Å². The lowest BCUT2D eigenvalue weighted by Crippen LogP contribution is -2.25. The van der Waals surface area contributed by atoms with Crippen molar-refractivity contribution in [2.75, 3.05) is 13.2 Å². The fraction of sp³-hybridized carbons (Fsp3) is 0.259. The number of nitrogens with one attached hydrogen (secondary N) is 1. The zero-order chi connectivity index (χ0) is 23.2. The third-order valence-electron chi connectivity index (χ3n) is 5.49. The number of nitrogens with zero attached hydrogens (tertiary/aromatic N) is 2. The molecule has 1 heterocycles. The minimum Gasteiger partial charge on any atom is -0.492 e. The van der Waals surface area contributed by atoms with Gasteiger partial charge in [-0.1, -0.05) is 41.9 Å². The first-order valence-electron chi connectivity index (χ1n) is 11.2. The maximum atomic E-state index is 12.4. The smallest absolute Gasteiger partial charge is 0.252 e. The fourth-order valence-electron chi connectivity index (χ4n) is 4.03. The molecule has 1 aromatic heterocycles. The van der Waals surface area contributed by atoms with E-state index in [1.54, 1.807) is 12.1 Å². The summed E-state index contributed by atoms with van der Waals surface area (Å²) in [4.78, 5) is 17.2. The molecule has 1 amide bonds. The van der Waals surface area contributed by atoms with Crippen molar-refractivity contribution >= 4 is 28.5 Å². The summed E-state index contributed by atoms with van der Waals surface area (Å²) in [5, 5.41) is 3.41. The van der Waals surface area contributed by atoms with Crippen molar-refractivity contribution in [3.8, 4) is 5.75 Å². The molecule has 0 saturated heterocycles. The molecule has 3 aromatic carbocycles. The summed E-state index contributed by atoms with van der Waals surface area (Å²) in [7, 11) is 0. The average molecular weight is 462 g/mol. The highest BCUT2D eigenvalue weighted by atomic mass is 35.5. The number of carbonyl (C=O) groups excluding carboxylic acids is 1. The Labute approximate surface area is 199 Å². The number of rotatable bonds is 9. The van der Waals surface area contributed by atoms with Gasteiger partial charge in [-0.05, 0) is 67.8 Å². The van der Waals surface area contributed by atoms with Gasteiger partial charge in [-0.25, -0.2) is 4.98 Å². The summed E-state index contributed by atoms with van der Waals surface area (Å²) < 4.78 is 8.26. The van der Waals surface area contributed by atoms with Gasteiger partial charge in [0.25, 0.3) is 5.91 Å². The number of carbonyl (C=O) groups is 1. The largest absolute Gasteiger partial charge is 0.492 e. The molecule has 170 valence electrons. The fourth-order valence-corrected chi connectivity index (χ4v) is 4.25. The first-order valence-corrected chi connectivity index (χ1v) is 11.6. The molecule has 33 heavy (non-hydrogen) atoms. The van der Waals surface area contributed by atoms with Crippen LogP contribution in [0.25, 0.3) is 11.0 Å². The number of fused-ring (bicyclic) bond motifs is 1. The molecule has 0 saturated carbocycles. The topological polar surface area (TPSA) is 56.1 Å². The monoisotopic (exact) mass is 461 g/mol. The van der Waals surface area contributed by atoms with Crippen LogP contribution in [0.5, 0.6) is 5.75 Å². The molecular weight excluding hydrogens is 434 g/mol. The number of benzene rings is 3.